The molecule has 4 heteroatoms. The van der Waals surface area contributed by atoms with Crippen LogP contribution in [0.15, 0.2) is 39.0 Å². The van der Waals surface area contributed by atoms with Crippen LogP contribution in [0.4, 0.5) is 8.78 Å². The van der Waals surface area contributed by atoms with Gasteiger partial charge in [0.05, 0.1) is 0 Å². The summed E-state index contributed by atoms with van der Waals surface area (Å²) in [5, 5.41) is 0. The summed E-state index contributed by atoms with van der Waals surface area (Å²) < 4.78 is 24.7. The van der Waals surface area contributed by atoms with Gasteiger partial charge in [0.1, 0.15) is 0 Å². The van der Waals surface area contributed by atoms with E-state index < -0.39 is 30.7 Å². The Balaban J connectivity index is 2.72. The van der Waals surface area contributed by atoms with Crippen molar-refractivity contribution in [2.75, 3.05) is 0 Å². The van der Waals surface area contributed by atoms with Crippen LogP contribution < -0.4 is 3.07 Å². The monoisotopic (exact) mass is 376 g/mol. The Kier molecular flexibility index (Phi) is 4.16. The maximum absolute atomic E-state index is 11.9. The first-order chi connectivity index (χ1) is 5.70. The van der Waals surface area contributed by atoms with Crippen molar-refractivity contribution in [3.8, 4) is 0 Å². The zero-order valence-corrected chi connectivity index (χ0v) is 12.5. The molecule has 0 heterocycles. The molecule has 12 heavy (non-hydrogen) atoms. The molecule has 1 aromatic carbocycles. The topological polar surface area (TPSA) is 0 Å². The summed E-state index contributed by atoms with van der Waals surface area (Å²) >= 11 is 3.49. The number of benzene rings is 1. The summed E-state index contributed by atoms with van der Waals surface area (Å²) in [7, 11) is 0. The minimum atomic E-state index is -1.88. The van der Waals surface area contributed by atoms with E-state index in [1.807, 2.05) is 30.3 Å². The molecule has 0 unspecified atom stereocenters. The van der Waals surface area contributed by atoms with Crippen LogP contribution in [0.25, 0.3) is 0 Å². The van der Waals surface area contributed by atoms with E-state index in [2.05, 4.69) is 0 Å². The molecule has 0 fully saturated rings. The third-order valence-electron chi connectivity index (χ3n) is 1.41. The summed E-state index contributed by atoms with van der Waals surface area (Å²) in [6.07, 6.45) is -1.71. The Morgan fingerprint density at radius 1 is 1.17 bits per heavy atom. The average Bonchev–Trinajstić information content (AvgIpc) is 2.06. The second-order valence-corrected chi connectivity index (χ2v) is 11.8. The Labute approximate surface area is 86.7 Å². The normalized spacial score (nSPS) is 8.92. The molecule has 0 atom stereocenters. The van der Waals surface area contributed by atoms with Gasteiger partial charge in [-0.1, -0.05) is 0 Å². The quantitative estimate of drug-likeness (QED) is 0.698. The first-order valence-corrected chi connectivity index (χ1v) is 9.31. The van der Waals surface area contributed by atoms with Gasteiger partial charge in [0.2, 0.25) is 0 Å². The third-order valence-corrected chi connectivity index (χ3v) is 8.39. The second-order valence-electron chi connectivity index (χ2n) is 2.33. The van der Waals surface area contributed by atoms with Crippen molar-refractivity contribution in [2.45, 2.75) is 0 Å². The summed E-state index contributed by atoms with van der Waals surface area (Å²) in [6, 6.07) is 9.26. The fraction of sp³-hybridized carbons (Fsp3) is 0. The van der Waals surface area contributed by atoms with E-state index in [0.717, 1.165) is 3.07 Å². The van der Waals surface area contributed by atoms with Crippen molar-refractivity contribution in [3.05, 3.63) is 39.0 Å². The van der Waals surface area contributed by atoms with E-state index >= 15 is 0 Å². The molecule has 0 saturated heterocycles. The molecule has 0 aliphatic heterocycles. The van der Waals surface area contributed by atoms with Crippen LogP contribution in [-0.4, -0.2) is 0 Å². The Morgan fingerprint density at radius 2 is 1.75 bits per heavy atom. The number of hydrogen-bond acceptors (Lipinski definition) is 0. The summed E-state index contributed by atoms with van der Waals surface area (Å²) in [4.78, 5) is 0. The average molecular weight is 375 g/mol. The van der Waals surface area contributed by atoms with Gasteiger partial charge in [-0.3, -0.25) is 0 Å². The van der Waals surface area contributed by atoms with E-state index in [0.29, 0.717) is 0 Å². The number of rotatable bonds is 2. The number of hydrogen-bond donors (Lipinski definition) is 0. The Hall–Kier alpha value is 0.0451. The van der Waals surface area contributed by atoms with Gasteiger partial charge in [-0.2, -0.15) is 0 Å². The zero-order valence-electron chi connectivity index (χ0n) is 6.23. The van der Waals surface area contributed by atoms with E-state index in [9.17, 15) is 8.78 Å². The van der Waals surface area contributed by atoms with Crippen molar-refractivity contribution in [2.24, 2.45) is 0 Å². The first-order valence-electron chi connectivity index (χ1n) is 3.43. The van der Waals surface area contributed by atoms with Crippen LogP contribution in [0.5, 0.6) is 0 Å². The van der Waals surface area contributed by atoms with Crippen LogP contribution in [0.3, 0.4) is 0 Å². The van der Waals surface area contributed by atoms with Crippen molar-refractivity contribution in [3.63, 3.8) is 0 Å². The molecule has 60 valence electrons. The molecule has 0 aromatic heterocycles. The van der Waals surface area contributed by atoms with E-state index in [1.54, 1.807) is 0 Å². The van der Waals surface area contributed by atoms with Crippen LogP contribution in [0.1, 0.15) is 0 Å². The summed E-state index contributed by atoms with van der Waals surface area (Å²) in [5.41, 5.74) is 0. The first kappa shape index (κ1) is 10.1. The second kappa shape index (κ2) is 4.92. The number of halogens is 3. The van der Waals surface area contributed by atoms with Crippen molar-refractivity contribution in [1.82, 2.24) is 0 Å². The molecular formula is C8H5ClF2Hg. The van der Waals surface area contributed by atoms with E-state index in [4.69, 9.17) is 11.6 Å². The molecule has 0 spiro atoms. The van der Waals surface area contributed by atoms with Crippen LogP contribution in [0, 0.1) is 0 Å². The third kappa shape index (κ3) is 3.19. The van der Waals surface area contributed by atoms with E-state index in [-0.39, 0.29) is 2.54 Å². The van der Waals surface area contributed by atoms with Gasteiger partial charge in [-0.15, -0.1) is 0 Å². The molecule has 1 aromatic rings. The SMILES string of the molecule is FC(F)=[C](Cl)[Hg][c]1ccccc1. The summed E-state index contributed by atoms with van der Waals surface area (Å²) in [5.74, 6) is 0. The zero-order chi connectivity index (χ0) is 8.97. The van der Waals surface area contributed by atoms with Crippen LogP contribution >= 0.6 is 11.6 Å². The molecule has 0 nitrogen and oxygen atoms in total. The van der Waals surface area contributed by atoms with Crippen molar-refractivity contribution in [1.29, 1.82) is 0 Å². The molecular weight excluding hydrogens is 370 g/mol. The van der Waals surface area contributed by atoms with Gasteiger partial charge in [0.25, 0.3) is 0 Å². The van der Waals surface area contributed by atoms with Gasteiger partial charge >= 0.3 is 87.0 Å². The van der Waals surface area contributed by atoms with Crippen LogP contribution in [-0.2, 0) is 24.6 Å². The molecule has 0 bridgehead atoms. The fourth-order valence-electron chi connectivity index (χ4n) is 0.842. The van der Waals surface area contributed by atoms with Crippen molar-refractivity contribution >= 4 is 14.7 Å². The van der Waals surface area contributed by atoms with Crippen LogP contribution in [0.2, 0.25) is 0 Å². The molecule has 0 radical (unpaired) electrons. The van der Waals surface area contributed by atoms with Gasteiger partial charge < -0.3 is 0 Å². The predicted molar refractivity (Wildman–Crippen MR) is 41.2 cm³/mol. The van der Waals surface area contributed by atoms with Gasteiger partial charge in [0, 0.05) is 0 Å². The molecule has 0 aliphatic rings. The predicted octanol–water partition coefficient (Wildman–Crippen LogP) is 2.70. The molecule has 0 N–H and O–H groups in total. The standard InChI is InChI=1S/C6H5.C2ClF2.Hg/c1-2-4-6-5-3-1;3-1-2(4)5;/h1-5H;;. The fourth-order valence-corrected chi connectivity index (χ4v) is 6.08. The van der Waals surface area contributed by atoms with E-state index in [1.165, 1.54) is 0 Å². The molecule has 0 aliphatic carbocycles. The van der Waals surface area contributed by atoms with Gasteiger partial charge in [-0.25, -0.2) is 0 Å². The van der Waals surface area contributed by atoms with Crippen molar-refractivity contribution < 1.29 is 33.4 Å². The molecule has 0 saturated carbocycles. The summed E-state index contributed by atoms with van der Waals surface area (Å²) in [6.45, 7) is 0. The van der Waals surface area contributed by atoms with Gasteiger partial charge in [-0.05, 0) is 0 Å². The van der Waals surface area contributed by atoms with Gasteiger partial charge in [0.15, 0.2) is 0 Å². The molecule has 1 rings (SSSR count). The Morgan fingerprint density at radius 3 is 2.25 bits per heavy atom. The Bertz CT molecular complexity index is 280. The molecule has 0 amide bonds. The minimum absolute atomic E-state index is 0.166. The maximum atomic E-state index is 11.9.